The van der Waals surface area contributed by atoms with Gasteiger partial charge in [0.05, 0.1) is 18.8 Å². The predicted molar refractivity (Wildman–Crippen MR) is 42.2 cm³/mol. The number of hydrogen-bond donors (Lipinski definition) is 4. The molecule has 0 amide bonds. The Hall–Kier alpha value is 0.520. The zero-order valence-electron chi connectivity index (χ0n) is 4.95. The van der Waals surface area contributed by atoms with Crippen molar-refractivity contribution in [1.82, 2.24) is 0 Å². The third kappa shape index (κ3) is 4.00. The van der Waals surface area contributed by atoms with Gasteiger partial charge in [0.1, 0.15) is 0 Å². The highest BCUT2D eigenvalue weighted by atomic mass is 35.5. The molecule has 0 aliphatic heterocycles. The maximum Gasteiger partial charge on any atom is 0.0712 e. The number of rotatable bonds is 3. The number of thiol groups is 1. The molecule has 0 rings (SSSR count). The highest BCUT2D eigenvalue weighted by Crippen LogP contribution is 1.98. The zero-order chi connectivity index (χ0) is 6.62. The van der Waals surface area contributed by atoms with Crippen molar-refractivity contribution in [2.24, 2.45) is 5.73 Å². The number of halogens is 1. The first-order valence-electron chi connectivity index (χ1n) is 2.30. The summed E-state index contributed by atoms with van der Waals surface area (Å²) in [7, 11) is 0. The van der Waals surface area contributed by atoms with Gasteiger partial charge >= 0.3 is 0 Å². The Morgan fingerprint density at radius 3 is 1.67 bits per heavy atom. The van der Waals surface area contributed by atoms with Crippen molar-refractivity contribution in [3.05, 3.63) is 0 Å². The molecular formula is C4H12ClNO2S. The third-order valence-corrected chi connectivity index (χ3v) is 1.57. The minimum absolute atomic E-state index is 0. The Kier molecular flexibility index (Phi) is 7.22. The Labute approximate surface area is 66.1 Å². The summed E-state index contributed by atoms with van der Waals surface area (Å²) in [6, 6.07) is 0. The van der Waals surface area contributed by atoms with Gasteiger partial charge in [0.25, 0.3) is 0 Å². The first-order chi connectivity index (χ1) is 3.68. The van der Waals surface area contributed by atoms with Crippen LogP contribution in [0.1, 0.15) is 0 Å². The Bertz CT molecular complexity index is 61.3. The van der Waals surface area contributed by atoms with E-state index in [1.165, 1.54) is 0 Å². The molecule has 0 heterocycles. The van der Waals surface area contributed by atoms with Crippen molar-refractivity contribution < 1.29 is 10.2 Å². The normalized spacial score (nSPS) is 10.7. The third-order valence-electron chi connectivity index (χ3n) is 0.945. The van der Waals surface area contributed by atoms with E-state index in [0.29, 0.717) is 5.75 Å². The summed E-state index contributed by atoms with van der Waals surface area (Å²) in [5, 5.41) is 16.9. The molecule has 58 valence electrons. The van der Waals surface area contributed by atoms with Crippen molar-refractivity contribution in [3.8, 4) is 0 Å². The fourth-order valence-corrected chi connectivity index (χ4v) is 0.350. The Morgan fingerprint density at radius 2 is 1.67 bits per heavy atom. The molecule has 0 saturated carbocycles. The molecule has 0 radical (unpaired) electrons. The molecule has 0 aromatic carbocycles. The number of hydrogen-bond acceptors (Lipinski definition) is 4. The van der Waals surface area contributed by atoms with E-state index < -0.39 is 5.54 Å². The second-order valence-electron chi connectivity index (χ2n) is 1.84. The van der Waals surface area contributed by atoms with Crippen LogP contribution in [0.25, 0.3) is 0 Å². The van der Waals surface area contributed by atoms with Crippen LogP contribution in [0.5, 0.6) is 0 Å². The highest BCUT2D eigenvalue weighted by molar-refractivity contribution is 7.80. The van der Waals surface area contributed by atoms with Crippen LogP contribution in [0.3, 0.4) is 0 Å². The SMILES string of the molecule is Cl.NC(CO)(CO)CS. The minimum atomic E-state index is -0.900. The molecule has 0 atom stereocenters. The molecule has 0 aromatic rings. The van der Waals surface area contributed by atoms with E-state index in [9.17, 15) is 0 Å². The average molecular weight is 174 g/mol. The van der Waals surface area contributed by atoms with E-state index in [1.807, 2.05) is 0 Å². The lowest BCUT2D eigenvalue weighted by Crippen LogP contribution is -2.49. The van der Waals surface area contributed by atoms with Gasteiger partial charge in [0, 0.05) is 5.75 Å². The van der Waals surface area contributed by atoms with Gasteiger partial charge in [0.15, 0.2) is 0 Å². The summed E-state index contributed by atoms with van der Waals surface area (Å²) in [4.78, 5) is 0. The van der Waals surface area contributed by atoms with E-state index in [-0.39, 0.29) is 25.6 Å². The molecule has 0 saturated heterocycles. The Balaban J connectivity index is 0. The summed E-state index contributed by atoms with van der Waals surface area (Å²) in [6.07, 6.45) is 0. The molecule has 0 unspecified atom stereocenters. The Morgan fingerprint density at radius 1 is 1.33 bits per heavy atom. The fraction of sp³-hybridized carbons (Fsp3) is 1.00. The quantitative estimate of drug-likeness (QED) is 0.415. The summed E-state index contributed by atoms with van der Waals surface area (Å²) < 4.78 is 0. The number of nitrogens with two attached hydrogens (primary N) is 1. The second kappa shape index (κ2) is 5.32. The summed E-state index contributed by atoms with van der Waals surface area (Å²) in [6.45, 7) is -0.458. The van der Waals surface area contributed by atoms with Crippen molar-refractivity contribution in [3.63, 3.8) is 0 Å². The van der Waals surface area contributed by atoms with Gasteiger partial charge in [-0.25, -0.2) is 0 Å². The number of aliphatic hydroxyl groups excluding tert-OH is 2. The van der Waals surface area contributed by atoms with E-state index in [1.54, 1.807) is 0 Å². The van der Waals surface area contributed by atoms with Crippen LogP contribution in [0.4, 0.5) is 0 Å². The van der Waals surface area contributed by atoms with E-state index in [2.05, 4.69) is 12.6 Å². The monoisotopic (exact) mass is 173 g/mol. The summed E-state index contributed by atoms with van der Waals surface area (Å²) >= 11 is 3.82. The van der Waals surface area contributed by atoms with Gasteiger partial charge in [0.2, 0.25) is 0 Å². The average Bonchev–Trinajstić information content (AvgIpc) is 1.87. The van der Waals surface area contributed by atoms with Crippen molar-refractivity contribution in [2.75, 3.05) is 19.0 Å². The highest BCUT2D eigenvalue weighted by Gasteiger charge is 2.19. The molecule has 0 spiro atoms. The standard InChI is InChI=1S/C4H11NO2S.ClH/c5-4(1-6,2-7)3-8;/h6-8H,1-3,5H2;1H. The first kappa shape index (κ1) is 12.2. The lowest BCUT2D eigenvalue weighted by molar-refractivity contribution is 0.137. The van der Waals surface area contributed by atoms with Gasteiger partial charge in [-0.15, -0.1) is 12.4 Å². The first-order valence-corrected chi connectivity index (χ1v) is 2.93. The molecule has 3 nitrogen and oxygen atoms in total. The topological polar surface area (TPSA) is 66.5 Å². The van der Waals surface area contributed by atoms with Crippen molar-refractivity contribution in [2.45, 2.75) is 5.54 Å². The largest absolute Gasteiger partial charge is 0.394 e. The predicted octanol–water partition coefficient (Wildman–Crippen LogP) is -0.980. The maximum atomic E-state index is 8.45. The molecule has 0 fully saturated rings. The lowest BCUT2D eigenvalue weighted by Gasteiger charge is -2.20. The van der Waals surface area contributed by atoms with Gasteiger partial charge < -0.3 is 15.9 Å². The lowest BCUT2D eigenvalue weighted by atomic mass is 10.1. The zero-order valence-corrected chi connectivity index (χ0v) is 6.66. The van der Waals surface area contributed by atoms with Crippen LogP contribution in [-0.2, 0) is 0 Å². The van der Waals surface area contributed by atoms with Crippen LogP contribution in [0.15, 0.2) is 0 Å². The van der Waals surface area contributed by atoms with Crippen molar-refractivity contribution >= 4 is 25.0 Å². The van der Waals surface area contributed by atoms with E-state index >= 15 is 0 Å². The molecule has 4 N–H and O–H groups in total. The van der Waals surface area contributed by atoms with Gasteiger partial charge in [-0.05, 0) is 0 Å². The van der Waals surface area contributed by atoms with Gasteiger partial charge in [-0.2, -0.15) is 12.6 Å². The molecule has 0 bridgehead atoms. The van der Waals surface area contributed by atoms with Crippen LogP contribution >= 0.6 is 25.0 Å². The van der Waals surface area contributed by atoms with Gasteiger partial charge in [-0.3, -0.25) is 0 Å². The molecular weight excluding hydrogens is 162 g/mol. The molecule has 0 aliphatic carbocycles. The number of aliphatic hydroxyl groups is 2. The summed E-state index contributed by atoms with van der Waals surface area (Å²) in [5.41, 5.74) is 4.42. The van der Waals surface area contributed by atoms with E-state index in [4.69, 9.17) is 15.9 Å². The van der Waals surface area contributed by atoms with Crippen LogP contribution < -0.4 is 5.73 Å². The molecule has 9 heavy (non-hydrogen) atoms. The van der Waals surface area contributed by atoms with Crippen LogP contribution in [-0.4, -0.2) is 34.7 Å². The van der Waals surface area contributed by atoms with Gasteiger partial charge in [-0.1, -0.05) is 0 Å². The molecule has 5 heteroatoms. The molecule has 0 aliphatic rings. The second-order valence-corrected chi connectivity index (χ2v) is 2.15. The van der Waals surface area contributed by atoms with Crippen LogP contribution in [0.2, 0.25) is 0 Å². The maximum absolute atomic E-state index is 8.45. The fourth-order valence-electron chi connectivity index (χ4n) is 0.150. The van der Waals surface area contributed by atoms with Crippen LogP contribution in [0, 0.1) is 0 Å². The minimum Gasteiger partial charge on any atom is -0.394 e. The van der Waals surface area contributed by atoms with Crippen molar-refractivity contribution in [1.29, 1.82) is 0 Å². The molecule has 0 aromatic heterocycles. The smallest absolute Gasteiger partial charge is 0.0712 e. The van der Waals surface area contributed by atoms with E-state index in [0.717, 1.165) is 0 Å². The summed E-state index contributed by atoms with van der Waals surface area (Å²) in [5.74, 6) is 0.292.